The highest BCUT2D eigenvalue weighted by Gasteiger charge is 2.58. The summed E-state index contributed by atoms with van der Waals surface area (Å²) in [6.45, 7) is 0. The van der Waals surface area contributed by atoms with E-state index in [2.05, 4.69) is 21.2 Å². The summed E-state index contributed by atoms with van der Waals surface area (Å²) in [6.07, 6.45) is 5.04. The lowest BCUT2D eigenvalue weighted by atomic mass is 9.65. The number of halogens is 1. The lowest BCUT2D eigenvalue weighted by Crippen LogP contribution is -2.62. The van der Waals surface area contributed by atoms with E-state index in [0.717, 1.165) is 54.1 Å². The van der Waals surface area contributed by atoms with Crippen molar-refractivity contribution in [2.45, 2.75) is 62.1 Å². The van der Waals surface area contributed by atoms with Crippen molar-refractivity contribution in [3.8, 4) is 0 Å². The number of benzene rings is 2. The molecule has 2 saturated carbocycles. The molecule has 2 fully saturated rings. The van der Waals surface area contributed by atoms with Crippen molar-refractivity contribution in [1.29, 1.82) is 0 Å². The summed E-state index contributed by atoms with van der Waals surface area (Å²) in [5, 5.41) is 13.9. The van der Waals surface area contributed by atoms with Gasteiger partial charge in [0.05, 0.1) is 0 Å². The molecule has 0 radical (unpaired) electrons. The first-order valence-corrected chi connectivity index (χ1v) is 12.4. The topological polar surface area (TPSA) is 86.7 Å². The molecule has 4 unspecified atom stereocenters. The Kier molecular flexibility index (Phi) is 5.87. The van der Waals surface area contributed by atoms with Crippen LogP contribution in [-0.2, 0) is 9.59 Å². The van der Waals surface area contributed by atoms with Crippen molar-refractivity contribution in [2.24, 2.45) is 5.92 Å². The van der Waals surface area contributed by atoms with Gasteiger partial charge in [0.15, 0.2) is 0 Å². The monoisotopic (exact) mass is 510 g/mol. The molecule has 7 heteroatoms. The summed E-state index contributed by atoms with van der Waals surface area (Å²) in [6, 6.07) is 15.0. The van der Waals surface area contributed by atoms with E-state index >= 15 is 0 Å². The predicted octanol–water partition coefficient (Wildman–Crippen LogP) is 4.53. The predicted molar refractivity (Wildman–Crippen MR) is 128 cm³/mol. The number of aliphatic carboxylic acids is 1. The van der Waals surface area contributed by atoms with Crippen molar-refractivity contribution in [2.75, 3.05) is 4.90 Å². The molecule has 6 nitrogen and oxygen atoms in total. The lowest BCUT2D eigenvalue weighted by molar-refractivity contribution is -0.148. The largest absolute Gasteiger partial charge is 0.480 e. The molecule has 4 atom stereocenters. The second-order valence-corrected chi connectivity index (χ2v) is 10.4. The van der Waals surface area contributed by atoms with Crippen LogP contribution < -0.4 is 10.2 Å². The summed E-state index contributed by atoms with van der Waals surface area (Å²) in [4.78, 5) is 40.3. The molecular weight excluding hydrogens is 484 g/mol. The van der Waals surface area contributed by atoms with Crippen LogP contribution in [0.4, 0.5) is 5.69 Å². The summed E-state index contributed by atoms with van der Waals surface area (Å²) in [5.41, 5.74) is 0.805. The fraction of sp³-hybridized carbons (Fsp3) is 0.423. The summed E-state index contributed by atoms with van der Waals surface area (Å²) in [5.74, 6) is -1.50. The van der Waals surface area contributed by atoms with Gasteiger partial charge in [-0.2, -0.15) is 0 Å². The van der Waals surface area contributed by atoms with Crippen molar-refractivity contribution >= 4 is 39.8 Å². The van der Waals surface area contributed by atoms with Crippen LogP contribution in [-0.4, -0.2) is 40.9 Å². The highest BCUT2D eigenvalue weighted by atomic mass is 79.9. The Morgan fingerprint density at radius 1 is 1.12 bits per heavy atom. The molecule has 2 aromatic carbocycles. The Morgan fingerprint density at radius 3 is 2.61 bits per heavy atom. The van der Waals surface area contributed by atoms with Gasteiger partial charge < -0.3 is 14.8 Å². The third-order valence-corrected chi connectivity index (χ3v) is 7.96. The maximum Gasteiger partial charge on any atom is 0.325 e. The number of nitrogens with zero attached hydrogens (tertiary/aromatic N) is 1. The Hall–Kier alpha value is -2.51. The third kappa shape index (κ3) is 3.81. The van der Waals surface area contributed by atoms with Gasteiger partial charge in [-0.3, -0.25) is 14.9 Å². The molecule has 33 heavy (non-hydrogen) atoms. The number of nitrogens with one attached hydrogen (secondary N) is 1. The van der Waals surface area contributed by atoms with Crippen LogP contribution in [0.5, 0.6) is 0 Å². The van der Waals surface area contributed by atoms with Crippen molar-refractivity contribution in [1.82, 2.24) is 5.32 Å². The van der Waals surface area contributed by atoms with E-state index in [1.165, 1.54) is 0 Å². The highest BCUT2D eigenvalue weighted by molar-refractivity contribution is 9.10. The molecule has 0 saturated heterocycles. The minimum absolute atomic E-state index is 0.0432. The van der Waals surface area contributed by atoms with E-state index in [-0.39, 0.29) is 30.3 Å². The van der Waals surface area contributed by atoms with Crippen LogP contribution in [0, 0.1) is 5.92 Å². The number of fused-ring (bicyclic) bond motifs is 2. The second kappa shape index (κ2) is 8.69. The van der Waals surface area contributed by atoms with Gasteiger partial charge in [-0.15, -0.1) is 0 Å². The van der Waals surface area contributed by atoms with Crippen molar-refractivity contribution in [3.63, 3.8) is 0 Å². The Bertz CT molecular complexity index is 1100. The molecule has 172 valence electrons. The van der Waals surface area contributed by atoms with Gasteiger partial charge in [-0.1, -0.05) is 46.6 Å². The number of aldehydes is 1. The van der Waals surface area contributed by atoms with Crippen LogP contribution in [0.1, 0.15) is 60.4 Å². The first-order chi connectivity index (χ1) is 16.0. The van der Waals surface area contributed by atoms with Gasteiger partial charge in [0.25, 0.3) is 5.91 Å². The van der Waals surface area contributed by atoms with Crippen LogP contribution >= 0.6 is 15.9 Å². The maximum atomic E-state index is 13.8. The van der Waals surface area contributed by atoms with Gasteiger partial charge in [-0.05, 0) is 61.4 Å². The van der Waals surface area contributed by atoms with E-state index in [9.17, 15) is 19.5 Å². The van der Waals surface area contributed by atoms with Crippen LogP contribution in [0.2, 0.25) is 0 Å². The number of carbonyl (C=O) groups excluding carboxylic acids is 2. The molecule has 1 amide bonds. The summed E-state index contributed by atoms with van der Waals surface area (Å²) in [7, 11) is 0. The molecule has 1 aliphatic heterocycles. The Morgan fingerprint density at radius 2 is 1.91 bits per heavy atom. The van der Waals surface area contributed by atoms with Crippen molar-refractivity contribution < 1.29 is 19.5 Å². The number of rotatable bonds is 7. The van der Waals surface area contributed by atoms with E-state index < -0.39 is 17.4 Å². The number of anilines is 1. The molecule has 2 N–H and O–H groups in total. The second-order valence-electron chi connectivity index (χ2n) is 9.45. The minimum atomic E-state index is -1.38. The zero-order valence-electron chi connectivity index (χ0n) is 18.2. The zero-order chi connectivity index (χ0) is 23.2. The standard InChI is InChI=1S/C26H27BrN2O4/c27-17-6-3-5-16(15-17)24(31)29-21-9-2-1-7-19(21)23(20-8-4-10-22(20)29)26(13-14-30,25(32)33)28-18-11-12-18/h1-3,5-7,9,14-15,18,20,22-23,28H,4,8,10-13H2,(H,32,33). The van der Waals surface area contributed by atoms with Crippen LogP contribution in [0.25, 0.3) is 0 Å². The molecule has 2 aliphatic carbocycles. The average molecular weight is 511 g/mol. The molecule has 0 spiro atoms. The fourth-order valence-electron chi connectivity index (χ4n) is 5.99. The average Bonchev–Trinajstić information content (AvgIpc) is 3.49. The van der Waals surface area contributed by atoms with Gasteiger partial charge in [0.2, 0.25) is 0 Å². The summed E-state index contributed by atoms with van der Waals surface area (Å²) >= 11 is 3.46. The third-order valence-electron chi connectivity index (χ3n) is 7.47. The number of hydrogen-bond donors (Lipinski definition) is 2. The van der Waals surface area contributed by atoms with Gasteiger partial charge in [-0.25, -0.2) is 0 Å². The summed E-state index contributed by atoms with van der Waals surface area (Å²) < 4.78 is 0.837. The van der Waals surface area contributed by atoms with Crippen LogP contribution in [0.15, 0.2) is 53.0 Å². The molecule has 5 rings (SSSR count). The highest BCUT2D eigenvalue weighted by Crippen LogP contribution is 2.54. The number of hydrogen-bond acceptors (Lipinski definition) is 4. The molecule has 0 aromatic heterocycles. The molecular formula is C26H27BrN2O4. The molecule has 2 aromatic rings. The zero-order valence-corrected chi connectivity index (χ0v) is 19.8. The normalized spacial score (nSPS) is 25.6. The minimum Gasteiger partial charge on any atom is -0.480 e. The lowest BCUT2D eigenvalue weighted by Gasteiger charge is -2.49. The Balaban J connectivity index is 1.66. The van der Waals surface area contributed by atoms with Crippen LogP contribution in [0.3, 0.4) is 0 Å². The quantitative estimate of drug-likeness (QED) is 0.534. The van der Waals surface area contributed by atoms with E-state index in [1.54, 1.807) is 0 Å². The number of carboxylic acid groups (broad SMARTS) is 1. The van der Waals surface area contributed by atoms with E-state index in [1.807, 2.05) is 53.4 Å². The molecule has 3 aliphatic rings. The van der Waals surface area contributed by atoms with Gasteiger partial charge in [0, 0.05) is 40.1 Å². The van der Waals surface area contributed by atoms with E-state index in [4.69, 9.17) is 0 Å². The first kappa shape index (κ1) is 22.3. The number of carbonyl (C=O) groups is 3. The molecule has 0 bridgehead atoms. The molecule has 1 heterocycles. The van der Waals surface area contributed by atoms with Gasteiger partial charge >= 0.3 is 5.97 Å². The maximum absolute atomic E-state index is 13.8. The van der Waals surface area contributed by atoms with E-state index in [0.29, 0.717) is 5.56 Å². The SMILES string of the molecule is O=CCC(NC1CC1)(C(=O)O)C1c2ccccc2N(C(=O)c2cccc(Br)c2)C2CCCC21. The number of para-hydroxylation sites is 1. The number of carboxylic acids is 1. The number of amides is 1. The first-order valence-electron chi connectivity index (χ1n) is 11.6. The van der Waals surface area contributed by atoms with Crippen molar-refractivity contribution in [3.05, 3.63) is 64.1 Å². The smallest absolute Gasteiger partial charge is 0.325 e. The Labute approximate surface area is 201 Å². The fourth-order valence-corrected chi connectivity index (χ4v) is 6.39. The van der Waals surface area contributed by atoms with Gasteiger partial charge in [0.1, 0.15) is 11.8 Å².